The Hall–Kier alpha value is -2.94. The van der Waals surface area contributed by atoms with Crippen molar-refractivity contribution >= 4 is 11.0 Å². The second-order valence-electron chi connectivity index (χ2n) is 6.24. The molecule has 0 fully saturated rings. The summed E-state index contributed by atoms with van der Waals surface area (Å²) in [5, 5.41) is 6.03. The molecule has 2 heterocycles. The average molecular weight is 313 g/mol. The van der Waals surface area contributed by atoms with Gasteiger partial charge >= 0.3 is 0 Å². The van der Waals surface area contributed by atoms with Crippen molar-refractivity contribution in [2.75, 3.05) is 0 Å². The maximum atomic E-state index is 4.92. The first-order chi connectivity index (χ1) is 11.6. The van der Waals surface area contributed by atoms with E-state index in [-0.39, 0.29) is 0 Å². The van der Waals surface area contributed by atoms with Crippen LogP contribution in [0.3, 0.4) is 0 Å². The highest BCUT2D eigenvalue weighted by atomic mass is 15.3. The number of pyridine rings is 1. The lowest BCUT2D eigenvalue weighted by molar-refractivity contribution is 0.898. The van der Waals surface area contributed by atoms with Gasteiger partial charge in [0.2, 0.25) is 0 Å². The SMILES string of the molecule is Cc1ccc(-c2nn(-c3ccccc3)c3nc(C)cc(C)c23)cc1. The quantitative estimate of drug-likeness (QED) is 0.520. The molecule has 0 radical (unpaired) electrons. The van der Waals surface area contributed by atoms with Gasteiger partial charge in [0, 0.05) is 11.3 Å². The van der Waals surface area contributed by atoms with E-state index in [9.17, 15) is 0 Å². The van der Waals surface area contributed by atoms with Gasteiger partial charge in [-0.2, -0.15) is 5.10 Å². The Morgan fingerprint density at radius 2 is 1.54 bits per heavy atom. The lowest BCUT2D eigenvalue weighted by atomic mass is 10.0. The zero-order valence-corrected chi connectivity index (χ0v) is 14.1. The topological polar surface area (TPSA) is 30.7 Å². The first-order valence-electron chi connectivity index (χ1n) is 8.13. The van der Waals surface area contributed by atoms with Crippen molar-refractivity contribution in [3.63, 3.8) is 0 Å². The summed E-state index contributed by atoms with van der Waals surface area (Å²) in [5.74, 6) is 0. The molecular weight excluding hydrogens is 294 g/mol. The van der Waals surface area contributed by atoms with Crippen LogP contribution < -0.4 is 0 Å². The molecule has 0 unspecified atom stereocenters. The number of nitrogens with zero attached hydrogens (tertiary/aromatic N) is 3. The molecule has 0 bridgehead atoms. The molecule has 3 heteroatoms. The Bertz CT molecular complexity index is 1010. The summed E-state index contributed by atoms with van der Waals surface area (Å²) in [4.78, 5) is 4.78. The fraction of sp³-hybridized carbons (Fsp3) is 0.143. The zero-order chi connectivity index (χ0) is 16.7. The number of aryl methyl sites for hydroxylation is 3. The Morgan fingerprint density at radius 1 is 0.833 bits per heavy atom. The maximum absolute atomic E-state index is 4.92. The number of hydrogen-bond donors (Lipinski definition) is 0. The minimum absolute atomic E-state index is 0.911. The van der Waals surface area contributed by atoms with Crippen molar-refractivity contribution in [1.29, 1.82) is 0 Å². The highest BCUT2D eigenvalue weighted by Crippen LogP contribution is 2.31. The van der Waals surface area contributed by atoms with Gasteiger partial charge < -0.3 is 0 Å². The number of fused-ring (bicyclic) bond motifs is 1. The Balaban J connectivity index is 2.06. The Kier molecular flexibility index (Phi) is 3.42. The van der Waals surface area contributed by atoms with Gasteiger partial charge in [0.05, 0.1) is 11.1 Å². The molecular formula is C21H19N3. The van der Waals surface area contributed by atoms with Crippen LogP contribution in [0, 0.1) is 20.8 Å². The Labute approximate surface area is 141 Å². The molecule has 3 nitrogen and oxygen atoms in total. The zero-order valence-electron chi connectivity index (χ0n) is 14.1. The van der Waals surface area contributed by atoms with E-state index in [2.05, 4.69) is 56.3 Å². The summed E-state index contributed by atoms with van der Waals surface area (Å²) in [5.41, 5.74) is 7.50. The van der Waals surface area contributed by atoms with Crippen LogP contribution in [0.25, 0.3) is 28.0 Å². The average Bonchev–Trinajstić information content (AvgIpc) is 2.96. The summed E-state index contributed by atoms with van der Waals surface area (Å²) in [6.45, 7) is 6.26. The summed E-state index contributed by atoms with van der Waals surface area (Å²) in [7, 11) is 0. The van der Waals surface area contributed by atoms with Crippen LogP contribution in [-0.2, 0) is 0 Å². The van der Waals surface area contributed by atoms with Gasteiger partial charge in [0.15, 0.2) is 5.65 Å². The first kappa shape index (κ1) is 14.6. The van der Waals surface area contributed by atoms with Gasteiger partial charge in [-0.05, 0) is 44.5 Å². The van der Waals surface area contributed by atoms with E-state index in [0.29, 0.717) is 0 Å². The first-order valence-corrected chi connectivity index (χ1v) is 8.13. The number of para-hydroxylation sites is 1. The number of hydrogen-bond acceptors (Lipinski definition) is 2. The minimum atomic E-state index is 0.911. The van der Waals surface area contributed by atoms with E-state index in [4.69, 9.17) is 10.1 Å². The maximum Gasteiger partial charge on any atom is 0.164 e. The van der Waals surface area contributed by atoms with Crippen molar-refractivity contribution in [3.05, 3.63) is 77.5 Å². The third-order valence-electron chi connectivity index (χ3n) is 4.29. The van der Waals surface area contributed by atoms with E-state index < -0.39 is 0 Å². The summed E-state index contributed by atoms with van der Waals surface area (Å²) < 4.78 is 1.95. The molecule has 0 aliphatic rings. The molecule has 118 valence electrons. The number of benzene rings is 2. The molecule has 0 aliphatic carbocycles. The van der Waals surface area contributed by atoms with Crippen molar-refractivity contribution in [1.82, 2.24) is 14.8 Å². The second-order valence-corrected chi connectivity index (χ2v) is 6.24. The molecule has 0 saturated carbocycles. The molecule has 0 saturated heterocycles. The standard InChI is InChI=1S/C21H19N3/c1-14-9-11-17(12-10-14)20-19-15(2)13-16(3)22-21(19)24(23-20)18-7-5-4-6-8-18/h4-13H,1-3H3. The van der Waals surface area contributed by atoms with Gasteiger partial charge in [-0.15, -0.1) is 0 Å². The van der Waals surface area contributed by atoms with E-state index in [1.54, 1.807) is 0 Å². The number of aromatic nitrogens is 3. The smallest absolute Gasteiger partial charge is 0.164 e. The number of rotatable bonds is 2. The predicted molar refractivity (Wildman–Crippen MR) is 98.5 cm³/mol. The molecule has 0 N–H and O–H groups in total. The van der Waals surface area contributed by atoms with Gasteiger partial charge in [0.1, 0.15) is 5.69 Å². The molecule has 4 aromatic rings. The van der Waals surface area contributed by atoms with E-state index >= 15 is 0 Å². The van der Waals surface area contributed by atoms with E-state index in [1.165, 1.54) is 11.1 Å². The molecule has 2 aromatic heterocycles. The van der Waals surface area contributed by atoms with Crippen molar-refractivity contribution < 1.29 is 0 Å². The predicted octanol–water partition coefficient (Wildman–Crippen LogP) is 5.01. The van der Waals surface area contributed by atoms with E-state index in [0.717, 1.165) is 33.7 Å². The van der Waals surface area contributed by atoms with Crippen molar-refractivity contribution in [3.8, 4) is 16.9 Å². The lowest BCUT2D eigenvalue weighted by Crippen LogP contribution is -1.98. The van der Waals surface area contributed by atoms with Crippen LogP contribution in [0.1, 0.15) is 16.8 Å². The summed E-state index contributed by atoms with van der Waals surface area (Å²) in [6, 6.07) is 20.8. The van der Waals surface area contributed by atoms with Gasteiger partial charge in [-0.25, -0.2) is 9.67 Å². The molecule has 24 heavy (non-hydrogen) atoms. The fourth-order valence-corrected chi connectivity index (χ4v) is 3.12. The largest absolute Gasteiger partial charge is 0.233 e. The van der Waals surface area contributed by atoms with Crippen LogP contribution in [0.15, 0.2) is 60.7 Å². The van der Waals surface area contributed by atoms with Crippen LogP contribution in [-0.4, -0.2) is 14.8 Å². The molecule has 0 amide bonds. The van der Waals surface area contributed by atoms with Crippen LogP contribution >= 0.6 is 0 Å². The Morgan fingerprint density at radius 3 is 2.25 bits per heavy atom. The highest BCUT2D eigenvalue weighted by molar-refractivity contribution is 5.94. The molecule has 4 rings (SSSR count). The third kappa shape index (κ3) is 2.38. The third-order valence-corrected chi connectivity index (χ3v) is 4.29. The van der Waals surface area contributed by atoms with Crippen LogP contribution in [0.4, 0.5) is 0 Å². The van der Waals surface area contributed by atoms with Gasteiger partial charge in [-0.3, -0.25) is 0 Å². The van der Waals surface area contributed by atoms with Gasteiger partial charge in [-0.1, -0.05) is 48.0 Å². The lowest BCUT2D eigenvalue weighted by Gasteiger charge is -2.04. The fourth-order valence-electron chi connectivity index (χ4n) is 3.12. The normalized spacial score (nSPS) is 11.1. The van der Waals surface area contributed by atoms with Crippen molar-refractivity contribution in [2.45, 2.75) is 20.8 Å². The summed E-state index contributed by atoms with van der Waals surface area (Å²) >= 11 is 0. The van der Waals surface area contributed by atoms with Gasteiger partial charge in [0.25, 0.3) is 0 Å². The molecule has 0 spiro atoms. The van der Waals surface area contributed by atoms with Crippen molar-refractivity contribution in [2.24, 2.45) is 0 Å². The highest BCUT2D eigenvalue weighted by Gasteiger charge is 2.17. The minimum Gasteiger partial charge on any atom is -0.233 e. The van der Waals surface area contributed by atoms with Crippen LogP contribution in [0.2, 0.25) is 0 Å². The molecule has 0 aliphatic heterocycles. The molecule has 2 aromatic carbocycles. The van der Waals surface area contributed by atoms with Crippen LogP contribution in [0.5, 0.6) is 0 Å². The summed E-state index contributed by atoms with van der Waals surface area (Å²) in [6.07, 6.45) is 0. The van der Waals surface area contributed by atoms with E-state index in [1.807, 2.05) is 29.8 Å². The molecule has 0 atom stereocenters. The second kappa shape index (κ2) is 5.60. The monoisotopic (exact) mass is 313 g/mol.